The molecule has 3 rings (SSSR count). The van der Waals surface area contributed by atoms with Gasteiger partial charge < -0.3 is 15.3 Å². The molecule has 0 bridgehead atoms. The second-order valence-corrected chi connectivity index (χ2v) is 8.71. The molecule has 6 heteroatoms. The molecule has 2 aliphatic heterocycles. The monoisotopic (exact) mass is 415 g/mol. The Labute approximate surface area is 182 Å². The van der Waals surface area contributed by atoms with Crippen LogP contribution in [0.5, 0.6) is 0 Å². The van der Waals surface area contributed by atoms with Gasteiger partial charge in [0.25, 0.3) is 0 Å². The van der Waals surface area contributed by atoms with Crippen molar-refractivity contribution in [1.29, 1.82) is 0 Å². The van der Waals surface area contributed by atoms with Crippen molar-refractivity contribution in [2.45, 2.75) is 70.3 Å². The van der Waals surface area contributed by atoms with Gasteiger partial charge in [-0.1, -0.05) is 25.7 Å². The van der Waals surface area contributed by atoms with Crippen molar-refractivity contribution in [2.75, 3.05) is 57.1 Å². The Morgan fingerprint density at radius 2 is 1.83 bits per heavy atom. The summed E-state index contributed by atoms with van der Waals surface area (Å²) in [4.78, 5) is 14.5. The largest absolute Gasteiger partial charge is 0.395 e. The van der Waals surface area contributed by atoms with Crippen molar-refractivity contribution in [3.63, 3.8) is 0 Å². The summed E-state index contributed by atoms with van der Waals surface area (Å²) >= 11 is 0. The van der Waals surface area contributed by atoms with Crippen LogP contribution in [0.1, 0.15) is 69.8 Å². The molecule has 0 aromatic carbocycles. The van der Waals surface area contributed by atoms with Crippen LogP contribution >= 0.6 is 0 Å². The van der Waals surface area contributed by atoms with Crippen LogP contribution in [0.2, 0.25) is 0 Å². The average Bonchev–Trinajstić information content (AvgIpc) is 2.76. The first-order valence-corrected chi connectivity index (χ1v) is 12.0. The maximum atomic E-state index is 9.64. The molecule has 2 fully saturated rings. The molecule has 2 saturated heterocycles. The van der Waals surface area contributed by atoms with Gasteiger partial charge in [0.05, 0.1) is 6.61 Å². The van der Waals surface area contributed by atoms with Gasteiger partial charge in [-0.15, -0.1) is 0 Å². The highest BCUT2D eigenvalue weighted by Crippen LogP contribution is 2.24. The molecule has 168 valence electrons. The Morgan fingerprint density at radius 3 is 2.53 bits per heavy atom. The van der Waals surface area contributed by atoms with Gasteiger partial charge in [0.2, 0.25) is 0 Å². The lowest BCUT2D eigenvalue weighted by molar-refractivity contribution is 0.0898. The minimum atomic E-state index is 0.278. The van der Waals surface area contributed by atoms with E-state index >= 15 is 0 Å². The van der Waals surface area contributed by atoms with E-state index in [1.807, 2.05) is 14.1 Å². The van der Waals surface area contributed by atoms with Gasteiger partial charge in [-0.05, 0) is 63.7 Å². The van der Waals surface area contributed by atoms with E-state index in [1.54, 1.807) is 0 Å². The maximum absolute atomic E-state index is 9.64. The maximum Gasteiger partial charge on any atom is 0.137 e. The predicted molar refractivity (Wildman–Crippen MR) is 127 cm³/mol. The quantitative estimate of drug-likeness (QED) is 0.630. The smallest absolute Gasteiger partial charge is 0.137 e. The molecule has 6 nitrogen and oxygen atoms in total. The van der Waals surface area contributed by atoms with Crippen molar-refractivity contribution >= 4 is 17.3 Å². The zero-order valence-corrected chi connectivity index (χ0v) is 19.1. The van der Waals surface area contributed by atoms with Crippen LogP contribution in [0.4, 0.5) is 11.6 Å². The first kappa shape index (κ1) is 23.0. The number of aliphatic hydroxyl groups is 1. The molecule has 1 unspecified atom stereocenters. The second-order valence-electron chi connectivity index (χ2n) is 8.71. The zero-order chi connectivity index (χ0) is 21.2. The highest BCUT2D eigenvalue weighted by atomic mass is 16.3. The van der Waals surface area contributed by atoms with Gasteiger partial charge in [0.15, 0.2) is 0 Å². The highest BCUT2D eigenvalue weighted by molar-refractivity contribution is 6.04. The van der Waals surface area contributed by atoms with Crippen molar-refractivity contribution < 1.29 is 5.11 Å². The number of aliphatic imine (C=N–C) groups is 1. The van der Waals surface area contributed by atoms with Gasteiger partial charge in [-0.3, -0.25) is 9.89 Å². The fraction of sp³-hybridized carbons (Fsp3) is 0.750. The number of anilines is 2. The Kier molecular flexibility index (Phi) is 9.40. The number of rotatable bonds is 8. The predicted octanol–water partition coefficient (Wildman–Crippen LogP) is 3.94. The molecule has 1 aromatic rings. The van der Waals surface area contributed by atoms with Gasteiger partial charge in [0, 0.05) is 44.5 Å². The topological polar surface area (TPSA) is 64.0 Å². The minimum absolute atomic E-state index is 0.278. The van der Waals surface area contributed by atoms with Crippen molar-refractivity contribution in [1.82, 2.24) is 9.88 Å². The highest BCUT2D eigenvalue weighted by Gasteiger charge is 2.21. The fourth-order valence-corrected chi connectivity index (χ4v) is 4.90. The van der Waals surface area contributed by atoms with Crippen LogP contribution in [0.25, 0.3) is 0 Å². The summed E-state index contributed by atoms with van der Waals surface area (Å²) in [5.41, 5.74) is 2.23. The van der Waals surface area contributed by atoms with Crippen LogP contribution in [-0.4, -0.2) is 73.6 Å². The molecule has 1 atom stereocenters. The van der Waals surface area contributed by atoms with Gasteiger partial charge in [-0.2, -0.15) is 0 Å². The van der Waals surface area contributed by atoms with E-state index in [1.165, 1.54) is 44.9 Å². The number of aromatic nitrogens is 1. The summed E-state index contributed by atoms with van der Waals surface area (Å²) in [7, 11) is 3.84. The molecule has 0 spiro atoms. The third-order valence-electron chi connectivity index (χ3n) is 6.70. The lowest BCUT2D eigenvalue weighted by Gasteiger charge is -2.34. The van der Waals surface area contributed by atoms with E-state index in [4.69, 9.17) is 4.98 Å². The Hall–Kier alpha value is -1.66. The molecule has 0 saturated carbocycles. The molecule has 30 heavy (non-hydrogen) atoms. The Balaban J connectivity index is 1.63. The second kappa shape index (κ2) is 12.3. The number of hydrogen-bond donors (Lipinski definition) is 2. The summed E-state index contributed by atoms with van der Waals surface area (Å²) in [6.07, 6.45) is 12.1. The van der Waals surface area contributed by atoms with E-state index in [9.17, 15) is 5.11 Å². The Bertz CT molecular complexity index is 670. The standard InChI is InChI=1S/C24H41N5O/c1-25-22(12-10-18-28-15-9-6-11-20(28)19-30)21-13-14-23(27-24(21)26-2)29-16-7-4-3-5-8-17-29/h13-14,20,30H,3-12,15-19H2,1-2H3,(H,26,27)/b25-22-. The third-order valence-corrected chi connectivity index (χ3v) is 6.70. The van der Waals surface area contributed by atoms with E-state index in [-0.39, 0.29) is 6.61 Å². The molecule has 0 radical (unpaired) electrons. The summed E-state index contributed by atoms with van der Waals surface area (Å²) < 4.78 is 0. The minimum Gasteiger partial charge on any atom is -0.395 e. The van der Waals surface area contributed by atoms with E-state index < -0.39 is 0 Å². The van der Waals surface area contributed by atoms with E-state index in [0.29, 0.717) is 6.04 Å². The van der Waals surface area contributed by atoms with Gasteiger partial charge in [0.1, 0.15) is 11.6 Å². The van der Waals surface area contributed by atoms with Crippen LogP contribution in [0, 0.1) is 0 Å². The van der Waals surface area contributed by atoms with Crippen molar-refractivity contribution in [3.05, 3.63) is 17.7 Å². The number of nitrogens with zero attached hydrogens (tertiary/aromatic N) is 4. The molecule has 3 heterocycles. The van der Waals surface area contributed by atoms with Gasteiger partial charge >= 0.3 is 0 Å². The van der Waals surface area contributed by atoms with Crippen LogP contribution < -0.4 is 10.2 Å². The van der Waals surface area contributed by atoms with Crippen molar-refractivity contribution in [2.24, 2.45) is 4.99 Å². The van der Waals surface area contributed by atoms with E-state index in [0.717, 1.165) is 68.4 Å². The number of likely N-dealkylation sites (tertiary alicyclic amines) is 1. The Morgan fingerprint density at radius 1 is 1.10 bits per heavy atom. The third kappa shape index (κ3) is 6.17. The molecule has 0 amide bonds. The average molecular weight is 416 g/mol. The zero-order valence-electron chi connectivity index (χ0n) is 19.1. The first-order valence-electron chi connectivity index (χ1n) is 12.0. The summed E-state index contributed by atoms with van der Waals surface area (Å²) in [6.45, 7) is 4.62. The summed E-state index contributed by atoms with van der Waals surface area (Å²) in [6, 6.07) is 4.72. The van der Waals surface area contributed by atoms with Crippen LogP contribution in [-0.2, 0) is 0 Å². The lowest BCUT2D eigenvalue weighted by Crippen LogP contribution is -2.42. The lowest BCUT2D eigenvalue weighted by atomic mass is 10.0. The SMILES string of the molecule is C/N=C(/CCCN1CCCCC1CO)c1ccc(N2CCCCCCC2)nc1NC. The number of nitrogens with one attached hydrogen (secondary N) is 1. The molecule has 2 aliphatic rings. The number of aliphatic hydroxyl groups excluding tert-OH is 1. The molecular weight excluding hydrogens is 374 g/mol. The number of piperidine rings is 1. The normalized spacial score (nSPS) is 21.9. The first-order chi connectivity index (χ1) is 14.8. The van der Waals surface area contributed by atoms with Gasteiger partial charge in [-0.25, -0.2) is 4.98 Å². The molecule has 2 N–H and O–H groups in total. The number of hydrogen-bond acceptors (Lipinski definition) is 6. The fourth-order valence-electron chi connectivity index (χ4n) is 4.90. The van der Waals surface area contributed by atoms with Crippen LogP contribution in [0.3, 0.4) is 0 Å². The van der Waals surface area contributed by atoms with Crippen molar-refractivity contribution in [3.8, 4) is 0 Å². The number of pyridine rings is 1. The molecular formula is C24H41N5O. The van der Waals surface area contributed by atoms with E-state index in [2.05, 4.69) is 32.2 Å². The van der Waals surface area contributed by atoms with Crippen LogP contribution in [0.15, 0.2) is 17.1 Å². The molecule has 1 aromatic heterocycles. The summed E-state index contributed by atoms with van der Waals surface area (Å²) in [5.74, 6) is 2.01. The molecule has 0 aliphatic carbocycles. The summed E-state index contributed by atoms with van der Waals surface area (Å²) in [5, 5.41) is 13.0.